The normalized spacial score (nSPS) is 11.4. The van der Waals surface area contributed by atoms with Crippen LogP contribution in [-0.2, 0) is 14.3 Å². The molecular weight excluding hydrogens is 404 g/mol. The van der Waals surface area contributed by atoms with E-state index in [2.05, 4.69) is 20.6 Å². The highest BCUT2D eigenvalue weighted by Gasteiger charge is 2.27. The molecule has 10 nitrogen and oxygen atoms in total. The third-order valence-electron chi connectivity index (χ3n) is 4.18. The summed E-state index contributed by atoms with van der Waals surface area (Å²) in [6.45, 7) is 4.81. The Morgan fingerprint density at radius 3 is 2.23 bits per heavy atom. The number of carbonyl (C=O) groups excluding carboxylic acids is 3. The van der Waals surface area contributed by atoms with Crippen LogP contribution in [-0.4, -0.2) is 54.6 Å². The van der Waals surface area contributed by atoms with Crippen molar-refractivity contribution >= 4 is 23.7 Å². The van der Waals surface area contributed by atoms with Crippen LogP contribution in [0.1, 0.15) is 29.8 Å². The second kappa shape index (κ2) is 10.9. The van der Waals surface area contributed by atoms with Crippen LogP contribution in [0.2, 0.25) is 0 Å². The number of rotatable bonds is 9. The average Bonchev–Trinajstić information content (AvgIpc) is 2.75. The fraction of sp³-hybridized carbons (Fsp3) is 0.381. The standard InChI is InChI=1S/C21H26N4O6/c1-12(2)18(25-19(27)14-8-6-7-13(3)9-14)20(28)31-11-15(26)22-21-23-16(29-4)10-17(24-21)30-5/h6-10,12,18H,11H2,1-5H3,(H,25,27)(H,22,23,24,26)/t18-/m0/s1. The van der Waals surface area contributed by atoms with Crippen molar-refractivity contribution in [3.8, 4) is 11.8 Å². The molecular formula is C21H26N4O6. The summed E-state index contributed by atoms with van der Waals surface area (Å²) in [5.41, 5.74) is 1.35. The summed E-state index contributed by atoms with van der Waals surface area (Å²) in [5, 5.41) is 5.06. The topological polar surface area (TPSA) is 129 Å². The second-order valence-corrected chi connectivity index (χ2v) is 7.00. The Balaban J connectivity index is 1.97. The van der Waals surface area contributed by atoms with E-state index in [4.69, 9.17) is 14.2 Å². The maximum atomic E-state index is 12.5. The van der Waals surface area contributed by atoms with Crippen LogP contribution in [0.15, 0.2) is 30.3 Å². The first kappa shape index (κ1) is 23.6. The van der Waals surface area contributed by atoms with Crippen molar-refractivity contribution in [2.45, 2.75) is 26.8 Å². The van der Waals surface area contributed by atoms with E-state index in [9.17, 15) is 14.4 Å². The molecule has 2 N–H and O–H groups in total. The first-order valence-corrected chi connectivity index (χ1v) is 9.54. The van der Waals surface area contributed by atoms with Gasteiger partial charge in [-0.15, -0.1) is 0 Å². The highest BCUT2D eigenvalue weighted by atomic mass is 16.5. The molecule has 0 aliphatic heterocycles. The molecule has 0 bridgehead atoms. The van der Waals surface area contributed by atoms with Gasteiger partial charge in [-0.1, -0.05) is 31.5 Å². The van der Waals surface area contributed by atoms with E-state index in [0.717, 1.165) is 5.56 Å². The predicted molar refractivity (Wildman–Crippen MR) is 112 cm³/mol. The number of ether oxygens (including phenoxy) is 3. The van der Waals surface area contributed by atoms with E-state index in [1.165, 1.54) is 20.3 Å². The van der Waals surface area contributed by atoms with E-state index in [1.54, 1.807) is 32.0 Å². The molecule has 1 heterocycles. The molecule has 2 aromatic rings. The van der Waals surface area contributed by atoms with Crippen molar-refractivity contribution in [1.82, 2.24) is 15.3 Å². The fourth-order valence-corrected chi connectivity index (χ4v) is 2.56. The number of benzene rings is 1. The second-order valence-electron chi connectivity index (χ2n) is 7.00. The first-order valence-electron chi connectivity index (χ1n) is 9.54. The maximum Gasteiger partial charge on any atom is 0.329 e. The molecule has 10 heteroatoms. The van der Waals surface area contributed by atoms with Crippen LogP contribution in [0.25, 0.3) is 0 Å². The lowest BCUT2D eigenvalue weighted by Crippen LogP contribution is -2.46. The van der Waals surface area contributed by atoms with Gasteiger partial charge in [-0.3, -0.25) is 14.9 Å². The highest BCUT2D eigenvalue weighted by Crippen LogP contribution is 2.17. The van der Waals surface area contributed by atoms with Gasteiger partial charge in [0.1, 0.15) is 6.04 Å². The van der Waals surface area contributed by atoms with E-state index < -0.39 is 30.4 Å². The Bertz CT molecular complexity index is 925. The number of amides is 2. The van der Waals surface area contributed by atoms with Crippen molar-refractivity contribution in [2.24, 2.45) is 5.92 Å². The van der Waals surface area contributed by atoms with Gasteiger partial charge >= 0.3 is 5.97 Å². The van der Waals surface area contributed by atoms with E-state index in [0.29, 0.717) is 5.56 Å². The quantitative estimate of drug-likeness (QED) is 0.576. The molecule has 0 radical (unpaired) electrons. The molecule has 0 aliphatic rings. The minimum Gasteiger partial charge on any atom is -0.481 e. The monoisotopic (exact) mass is 430 g/mol. The minimum atomic E-state index is -0.922. The number of hydrogen-bond donors (Lipinski definition) is 2. The lowest BCUT2D eigenvalue weighted by Gasteiger charge is -2.20. The molecule has 0 unspecified atom stereocenters. The third kappa shape index (κ3) is 6.95. The van der Waals surface area contributed by atoms with Crippen molar-refractivity contribution in [3.63, 3.8) is 0 Å². The van der Waals surface area contributed by atoms with Crippen LogP contribution >= 0.6 is 0 Å². The summed E-state index contributed by atoms with van der Waals surface area (Å²) in [6.07, 6.45) is 0. The smallest absolute Gasteiger partial charge is 0.329 e. The molecule has 0 spiro atoms. The van der Waals surface area contributed by atoms with Crippen LogP contribution in [0.4, 0.5) is 5.95 Å². The summed E-state index contributed by atoms with van der Waals surface area (Å²) in [7, 11) is 2.82. The molecule has 0 fully saturated rings. The minimum absolute atomic E-state index is 0.0644. The van der Waals surface area contributed by atoms with E-state index in [1.807, 2.05) is 13.0 Å². The number of aromatic nitrogens is 2. The Kier molecular flexibility index (Phi) is 8.30. The number of methoxy groups -OCH3 is 2. The number of esters is 1. The third-order valence-corrected chi connectivity index (χ3v) is 4.18. The molecule has 0 saturated carbocycles. The summed E-state index contributed by atoms with van der Waals surface area (Å²) < 4.78 is 15.1. The predicted octanol–water partition coefficient (Wildman–Crippen LogP) is 1.74. The zero-order chi connectivity index (χ0) is 23.0. The molecule has 166 valence electrons. The van der Waals surface area contributed by atoms with Crippen LogP contribution in [0.5, 0.6) is 11.8 Å². The maximum absolute atomic E-state index is 12.5. The summed E-state index contributed by atoms with van der Waals surface area (Å²) in [4.78, 5) is 45.1. The zero-order valence-corrected chi connectivity index (χ0v) is 18.1. The lowest BCUT2D eigenvalue weighted by molar-refractivity contribution is -0.150. The molecule has 2 amide bonds. The van der Waals surface area contributed by atoms with Crippen LogP contribution in [0, 0.1) is 12.8 Å². The van der Waals surface area contributed by atoms with E-state index in [-0.39, 0.29) is 23.6 Å². The van der Waals surface area contributed by atoms with Crippen molar-refractivity contribution in [1.29, 1.82) is 0 Å². The van der Waals surface area contributed by atoms with Gasteiger partial charge in [0.05, 0.1) is 20.3 Å². The summed E-state index contributed by atoms with van der Waals surface area (Å²) in [5.74, 6) is -1.72. The number of carbonyl (C=O) groups is 3. The Labute approximate surface area is 180 Å². The number of nitrogens with one attached hydrogen (secondary N) is 2. The van der Waals surface area contributed by atoms with Gasteiger partial charge in [0, 0.05) is 5.56 Å². The average molecular weight is 430 g/mol. The highest BCUT2D eigenvalue weighted by molar-refractivity contribution is 5.97. The molecule has 1 atom stereocenters. The van der Waals surface area contributed by atoms with Gasteiger partial charge in [-0.05, 0) is 25.0 Å². The molecule has 31 heavy (non-hydrogen) atoms. The summed E-state index contributed by atoms with van der Waals surface area (Å²) in [6, 6.07) is 7.52. The molecule has 0 aliphatic carbocycles. The van der Waals surface area contributed by atoms with Crippen molar-refractivity contribution < 1.29 is 28.6 Å². The number of aryl methyl sites for hydroxylation is 1. The molecule has 1 aromatic heterocycles. The molecule has 0 saturated heterocycles. The van der Waals surface area contributed by atoms with Gasteiger partial charge in [-0.25, -0.2) is 4.79 Å². The first-order chi connectivity index (χ1) is 14.7. The van der Waals surface area contributed by atoms with Crippen LogP contribution < -0.4 is 20.1 Å². The summed E-state index contributed by atoms with van der Waals surface area (Å²) >= 11 is 0. The zero-order valence-electron chi connectivity index (χ0n) is 18.1. The van der Waals surface area contributed by atoms with E-state index >= 15 is 0 Å². The fourth-order valence-electron chi connectivity index (χ4n) is 2.56. The van der Waals surface area contributed by atoms with Crippen LogP contribution in [0.3, 0.4) is 0 Å². The van der Waals surface area contributed by atoms with Gasteiger partial charge < -0.3 is 19.5 Å². The largest absolute Gasteiger partial charge is 0.481 e. The number of hydrogen-bond acceptors (Lipinski definition) is 8. The van der Waals surface area contributed by atoms with Crippen molar-refractivity contribution in [3.05, 3.63) is 41.5 Å². The van der Waals surface area contributed by atoms with Gasteiger partial charge in [0.2, 0.25) is 17.7 Å². The molecule has 2 rings (SSSR count). The van der Waals surface area contributed by atoms with Crippen molar-refractivity contribution in [2.75, 3.05) is 26.1 Å². The SMILES string of the molecule is COc1cc(OC)nc(NC(=O)COC(=O)[C@@H](NC(=O)c2cccc(C)c2)C(C)C)n1. The van der Waals surface area contributed by atoms with Gasteiger partial charge in [0.15, 0.2) is 6.61 Å². The lowest BCUT2D eigenvalue weighted by atomic mass is 10.0. The Hall–Kier alpha value is -3.69. The Morgan fingerprint density at radius 2 is 1.68 bits per heavy atom. The van der Waals surface area contributed by atoms with Gasteiger partial charge in [-0.2, -0.15) is 9.97 Å². The number of nitrogens with zero attached hydrogens (tertiary/aromatic N) is 2. The number of anilines is 1. The molecule has 1 aromatic carbocycles. The van der Waals surface area contributed by atoms with Gasteiger partial charge in [0.25, 0.3) is 11.8 Å². The Morgan fingerprint density at radius 1 is 1.03 bits per heavy atom.